The maximum atomic E-state index is 6.65. The summed E-state index contributed by atoms with van der Waals surface area (Å²) in [5, 5.41) is 8.18. The highest BCUT2D eigenvalue weighted by molar-refractivity contribution is 5.35. The number of benzene rings is 2. The Kier molecular flexibility index (Phi) is 6.89. The fourth-order valence-corrected chi connectivity index (χ4v) is 4.27. The van der Waals surface area contributed by atoms with E-state index in [-0.39, 0.29) is 12.2 Å². The van der Waals surface area contributed by atoms with Crippen molar-refractivity contribution in [3.63, 3.8) is 0 Å². The van der Waals surface area contributed by atoms with E-state index in [1.165, 1.54) is 15.8 Å². The van der Waals surface area contributed by atoms with E-state index in [9.17, 15) is 0 Å². The van der Waals surface area contributed by atoms with Crippen LogP contribution in [0.25, 0.3) is 5.65 Å². The largest absolute Gasteiger partial charge is 0.477 e. The predicted octanol–water partition coefficient (Wildman–Crippen LogP) is 3.96. The number of hydrogen-bond acceptors (Lipinski definition) is 6. The Morgan fingerprint density at radius 2 is 1.61 bits per heavy atom. The third-order valence-corrected chi connectivity index (χ3v) is 6.01. The zero-order valence-electron chi connectivity index (χ0n) is 18.6. The van der Waals surface area contributed by atoms with Gasteiger partial charge in [0.05, 0.1) is 12.7 Å². The van der Waals surface area contributed by atoms with Crippen molar-refractivity contribution in [3.8, 4) is 5.88 Å². The highest BCUT2D eigenvalue weighted by Gasteiger charge is 2.24. The summed E-state index contributed by atoms with van der Waals surface area (Å²) in [6.07, 6.45) is 5.81. The lowest BCUT2D eigenvalue weighted by atomic mass is 10.00. The Labute approximate surface area is 194 Å². The minimum absolute atomic E-state index is 0.0234. The second kappa shape index (κ2) is 10.6. The van der Waals surface area contributed by atoms with Crippen molar-refractivity contribution in [2.24, 2.45) is 0 Å². The molecule has 1 radical (unpaired) electrons. The molecule has 7 heteroatoms. The maximum absolute atomic E-state index is 6.65. The summed E-state index contributed by atoms with van der Waals surface area (Å²) in [7, 11) is 0. The lowest BCUT2D eigenvalue weighted by Gasteiger charge is -2.34. The van der Waals surface area contributed by atoms with Gasteiger partial charge in [-0.15, -0.1) is 14.8 Å². The molecule has 0 bridgehead atoms. The topological polar surface area (TPSA) is 64.8 Å². The minimum Gasteiger partial charge on any atom is -0.477 e. The monoisotopic (exact) mass is 442 g/mol. The Bertz CT molecular complexity index is 1090. The fourth-order valence-electron chi connectivity index (χ4n) is 4.27. The first-order chi connectivity index (χ1) is 16.3. The van der Waals surface area contributed by atoms with Gasteiger partial charge in [-0.25, -0.2) is 4.98 Å². The number of rotatable bonds is 9. The molecular formula is C26H28N5O2. The number of fused-ring (bicyclic) bond motifs is 1. The van der Waals surface area contributed by atoms with Gasteiger partial charge in [0.15, 0.2) is 5.65 Å². The summed E-state index contributed by atoms with van der Waals surface area (Å²) in [4.78, 5) is 6.46. The van der Waals surface area contributed by atoms with Crippen LogP contribution in [0.15, 0.2) is 72.8 Å². The zero-order valence-corrected chi connectivity index (χ0v) is 18.6. The van der Waals surface area contributed by atoms with Crippen LogP contribution in [0.1, 0.15) is 36.5 Å². The Morgan fingerprint density at radius 1 is 0.909 bits per heavy atom. The second-order valence-corrected chi connectivity index (χ2v) is 8.31. The molecule has 0 atom stereocenters. The smallest absolute Gasteiger partial charge is 0.233 e. The summed E-state index contributed by atoms with van der Waals surface area (Å²) in [5.41, 5.74) is 3.08. The van der Waals surface area contributed by atoms with Crippen LogP contribution in [-0.2, 0) is 4.74 Å². The third-order valence-electron chi connectivity index (χ3n) is 6.01. The standard InChI is InChI=1S/C26H28N5O2/c1-3-8-21(9-4-1)26(22-10-5-2-6-11-22)33-23-14-17-30(18-15-23)16-7-19-32-25-13-12-24-27-20-28-31(24)29-25/h1-6,8-13,23,26H,7,14-19H2. The molecule has 169 valence electrons. The first-order valence-electron chi connectivity index (χ1n) is 11.6. The molecule has 2 aromatic heterocycles. The maximum Gasteiger partial charge on any atom is 0.233 e. The Balaban J connectivity index is 1.08. The van der Waals surface area contributed by atoms with Gasteiger partial charge in [0.25, 0.3) is 0 Å². The molecule has 0 aliphatic carbocycles. The first kappa shape index (κ1) is 21.6. The number of ether oxygens (including phenoxy) is 2. The van der Waals surface area contributed by atoms with Crippen LogP contribution in [0.5, 0.6) is 5.88 Å². The lowest BCUT2D eigenvalue weighted by Crippen LogP contribution is -2.38. The van der Waals surface area contributed by atoms with Crippen LogP contribution in [0.2, 0.25) is 0 Å². The molecule has 1 fully saturated rings. The van der Waals surface area contributed by atoms with E-state index in [0.29, 0.717) is 18.1 Å². The number of hydrogen-bond donors (Lipinski definition) is 0. The van der Waals surface area contributed by atoms with Crippen LogP contribution in [-0.4, -0.2) is 57.1 Å². The molecule has 0 saturated carbocycles. The van der Waals surface area contributed by atoms with Gasteiger partial charge in [0, 0.05) is 25.7 Å². The molecule has 0 N–H and O–H groups in total. The van der Waals surface area contributed by atoms with Gasteiger partial charge in [0.2, 0.25) is 12.2 Å². The summed E-state index contributed by atoms with van der Waals surface area (Å²) < 4.78 is 13.9. The molecule has 2 aromatic carbocycles. The first-order valence-corrected chi connectivity index (χ1v) is 11.6. The highest BCUT2D eigenvalue weighted by atomic mass is 16.5. The van der Waals surface area contributed by atoms with Crippen LogP contribution >= 0.6 is 0 Å². The van der Waals surface area contributed by atoms with Gasteiger partial charge in [-0.2, -0.15) is 0 Å². The van der Waals surface area contributed by atoms with E-state index >= 15 is 0 Å². The van der Waals surface area contributed by atoms with Gasteiger partial charge >= 0.3 is 0 Å². The quantitative estimate of drug-likeness (QED) is 0.366. The van der Waals surface area contributed by atoms with Gasteiger partial charge in [-0.3, -0.25) is 0 Å². The van der Waals surface area contributed by atoms with Crippen molar-refractivity contribution in [2.75, 3.05) is 26.2 Å². The molecular weight excluding hydrogens is 414 g/mol. The second-order valence-electron chi connectivity index (χ2n) is 8.31. The predicted molar refractivity (Wildman–Crippen MR) is 125 cm³/mol. The minimum atomic E-state index is -0.0234. The molecule has 0 spiro atoms. The number of piperidine rings is 1. The van der Waals surface area contributed by atoms with Crippen molar-refractivity contribution >= 4 is 5.65 Å². The molecule has 7 nitrogen and oxygen atoms in total. The normalized spacial score (nSPS) is 15.3. The summed E-state index contributed by atoms with van der Waals surface area (Å²) in [5.74, 6) is 0.557. The Morgan fingerprint density at radius 3 is 2.30 bits per heavy atom. The number of nitrogens with zero attached hydrogens (tertiary/aromatic N) is 5. The molecule has 5 rings (SSSR count). The average Bonchev–Trinajstić information content (AvgIpc) is 3.35. The van der Waals surface area contributed by atoms with E-state index in [1.807, 2.05) is 12.1 Å². The van der Waals surface area contributed by atoms with Crippen LogP contribution in [0.4, 0.5) is 0 Å². The van der Waals surface area contributed by atoms with Crippen molar-refractivity contribution in [1.82, 2.24) is 24.7 Å². The fraction of sp³-hybridized carbons (Fsp3) is 0.346. The average molecular weight is 443 g/mol. The van der Waals surface area contributed by atoms with Gasteiger partial charge in [0.1, 0.15) is 6.10 Å². The van der Waals surface area contributed by atoms with E-state index in [4.69, 9.17) is 9.47 Å². The summed E-state index contributed by atoms with van der Waals surface area (Å²) in [6, 6.07) is 24.7. The molecule has 4 aromatic rings. The van der Waals surface area contributed by atoms with Crippen molar-refractivity contribution in [1.29, 1.82) is 0 Å². The molecule has 33 heavy (non-hydrogen) atoms. The number of aromatic nitrogens is 4. The van der Waals surface area contributed by atoms with Crippen LogP contribution in [0.3, 0.4) is 0 Å². The van der Waals surface area contributed by atoms with Crippen LogP contribution in [0, 0.1) is 6.33 Å². The van der Waals surface area contributed by atoms with E-state index in [0.717, 1.165) is 38.9 Å². The van der Waals surface area contributed by atoms with Crippen molar-refractivity contribution < 1.29 is 9.47 Å². The molecule has 0 amide bonds. The highest BCUT2D eigenvalue weighted by Crippen LogP contribution is 2.30. The van der Waals surface area contributed by atoms with Gasteiger partial charge in [-0.1, -0.05) is 60.7 Å². The zero-order chi connectivity index (χ0) is 22.3. The molecule has 1 aliphatic rings. The SMILES string of the molecule is [c]1nc2ccc(OCCCN3CCC(OC(c4ccccc4)c4ccccc4)CC3)nn2n1. The molecule has 1 saturated heterocycles. The van der Waals surface area contributed by atoms with Gasteiger partial charge < -0.3 is 14.4 Å². The summed E-state index contributed by atoms with van der Waals surface area (Å²) in [6.45, 7) is 3.71. The van der Waals surface area contributed by atoms with Gasteiger partial charge in [-0.05, 0) is 36.5 Å². The van der Waals surface area contributed by atoms with Crippen molar-refractivity contribution in [2.45, 2.75) is 31.5 Å². The third kappa shape index (κ3) is 5.56. The number of likely N-dealkylation sites (tertiary alicyclic amines) is 1. The molecule has 0 unspecified atom stereocenters. The van der Waals surface area contributed by atoms with E-state index < -0.39 is 0 Å². The van der Waals surface area contributed by atoms with Crippen molar-refractivity contribution in [3.05, 3.63) is 90.3 Å². The Hall–Kier alpha value is -3.29. The lowest BCUT2D eigenvalue weighted by molar-refractivity contribution is -0.0273. The van der Waals surface area contributed by atoms with E-state index in [2.05, 4.69) is 87.1 Å². The van der Waals surface area contributed by atoms with Crippen LogP contribution < -0.4 is 4.74 Å². The summed E-state index contributed by atoms with van der Waals surface area (Å²) >= 11 is 0. The molecule has 3 heterocycles. The van der Waals surface area contributed by atoms with E-state index in [1.54, 1.807) is 0 Å². The molecule has 1 aliphatic heterocycles.